The van der Waals surface area contributed by atoms with Crippen LogP contribution in [0.1, 0.15) is 33.6 Å². The first-order valence-electron chi connectivity index (χ1n) is 6.55. The van der Waals surface area contributed by atoms with Crippen LogP contribution in [-0.2, 0) is 14.3 Å². The van der Waals surface area contributed by atoms with E-state index < -0.39 is 35.5 Å². The first kappa shape index (κ1) is 16.3. The predicted molar refractivity (Wildman–Crippen MR) is 69.3 cm³/mol. The van der Waals surface area contributed by atoms with Crippen molar-refractivity contribution >= 4 is 18.0 Å². The van der Waals surface area contributed by atoms with Gasteiger partial charge in [-0.05, 0) is 33.6 Å². The summed E-state index contributed by atoms with van der Waals surface area (Å²) >= 11 is 0. The minimum atomic E-state index is -1.14. The van der Waals surface area contributed by atoms with Gasteiger partial charge in [0, 0.05) is 13.1 Å². The molecule has 1 saturated heterocycles. The third-order valence-corrected chi connectivity index (χ3v) is 3.19. The summed E-state index contributed by atoms with van der Waals surface area (Å²) in [5.74, 6) is -4.22. The molecule has 1 fully saturated rings. The Morgan fingerprint density at radius 2 is 1.40 bits per heavy atom. The van der Waals surface area contributed by atoms with Crippen molar-refractivity contribution in [1.82, 2.24) is 4.90 Å². The van der Waals surface area contributed by atoms with Crippen molar-refractivity contribution in [3.05, 3.63) is 0 Å². The zero-order chi connectivity index (χ0) is 15.5. The topological polar surface area (TPSA) is 104 Å². The monoisotopic (exact) mass is 287 g/mol. The smallest absolute Gasteiger partial charge is 0.410 e. The molecule has 0 bridgehead atoms. The minimum absolute atomic E-state index is 0.117. The lowest BCUT2D eigenvalue weighted by atomic mass is 9.88. The van der Waals surface area contributed by atoms with Crippen molar-refractivity contribution in [2.75, 3.05) is 13.1 Å². The van der Waals surface area contributed by atoms with Gasteiger partial charge < -0.3 is 19.8 Å². The number of hydrogen-bond acceptors (Lipinski definition) is 4. The number of ether oxygens (including phenoxy) is 1. The number of rotatable bonds is 2. The van der Waals surface area contributed by atoms with Crippen molar-refractivity contribution in [2.45, 2.75) is 39.2 Å². The third kappa shape index (κ3) is 4.40. The van der Waals surface area contributed by atoms with Gasteiger partial charge in [-0.15, -0.1) is 0 Å². The molecule has 0 aromatic heterocycles. The molecule has 1 aliphatic rings. The number of nitrogens with zero attached hydrogens (tertiary/aromatic N) is 1. The van der Waals surface area contributed by atoms with E-state index in [-0.39, 0.29) is 25.9 Å². The van der Waals surface area contributed by atoms with Crippen LogP contribution in [0.2, 0.25) is 0 Å². The molecule has 20 heavy (non-hydrogen) atoms. The highest BCUT2D eigenvalue weighted by molar-refractivity contribution is 5.80. The van der Waals surface area contributed by atoms with Crippen LogP contribution >= 0.6 is 0 Å². The number of carboxylic acids is 2. The predicted octanol–water partition coefficient (Wildman–Crippen LogP) is 1.42. The van der Waals surface area contributed by atoms with E-state index in [1.54, 1.807) is 20.8 Å². The molecule has 2 N–H and O–H groups in total. The van der Waals surface area contributed by atoms with Crippen molar-refractivity contribution in [1.29, 1.82) is 0 Å². The molecule has 7 nitrogen and oxygen atoms in total. The molecule has 1 amide bonds. The van der Waals surface area contributed by atoms with Gasteiger partial charge in [0.2, 0.25) is 0 Å². The largest absolute Gasteiger partial charge is 0.481 e. The first-order chi connectivity index (χ1) is 9.11. The summed E-state index contributed by atoms with van der Waals surface area (Å²) in [5.41, 5.74) is -0.637. The quantitative estimate of drug-likeness (QED) is 0.796. The van der Waals surface area contributed by atoms with Crippen LogP contribution < -0.4 is 0 Å². The summed E-state index contributed by atoms with van der Waals surface area (Å²) in [6.07, 6.45) is -0.301. The number of carbonyl (C=O) groups excluding carboxylic acids is 1. The summed E-state index contributed by atoms with van der Waals surface area (Å²) in [7, 11) is 0. The fraction of sp³-hybridized carbons (Fsp3) is 0.769. The Kier molecular flexibility index (Phi) is 4.97. The van der Waals surface area contributed by atoms with Gasteiger partial charge in [0.25, 0.3) is 0 Å². The second-order valence-corrected chi connectivity index (χ2v) is 5.93. The number of carbonyl (C=O) groups is 3. The van der Waals surface area contributed by atoms with Crippen molar-refractivity contribution in [2.24, 2.45) is 11.8 Å². The lowest BCUT2D eigenvalue weighted by molar-refractivity contribution is -0.153. The Balaban J connectivity index is 2.76. The summed E-state index contributed by atoms with van der Waals surface area (Å²) in [4.78, 5) is 35.6. The second kappa shape index (κ2) is 6.11. The van der Waals surface area contributed by atoms with Crippen LogP contribution in [0, 0.1) is 11.8 Å². The van der Waals surface area contributed by atoms with Gasteiger partial charge in [-0.2, -0.15) is 0 Å². The van der Waals surface area contributed by atoms with Gasteiger partial charge in [-0.3, -0.25) is 9.59 Å². The van der Waals surface area contributed by atoms with Crippen LogP contribution in [0.5, 0.6) is 0 Å². The lowest BCUT2D eigenvalue weighted by Crippen LogP contribution is -2.37. The maximum atomic E-state index is 11.9. The number of hydrogen-bond donors (Lipinski definition) is 2. The summed E-state index contributed by atoms with van der Waals surface area (Å²) in [6, 6.07) is 0. The lowest BCUT2D eigenvalue weighted by Gasteiger charge is -2.26. The molecule has 0 radical (unpaired) electrons. The van der Waals surface area contributed by atoms with Crippen LogP contribution in [0.3, 0.4) is 0 Å². The number of carboxylic acid groups (broad SMARTS) is 2. The van der Waals surface area contributed by atoms with Gasteiger partial charge in [0.1, 0.15) is 5.60 Å². The Bertz CT molecular complexity index is 376. The Labute approximate surface area is 117 Å². The van der Waals surface area contributed by atoms with Crippen molar-refractivity contribution in [3.63, 3.8) is 0 Å². The van der Waals surface area contributed by atoms with E-state index in [1.165, 1.54) is 4.90 Å². The fourth-order valence-corrected chi connectivity index (χ4v) is 2.20. The molecule has 114 valence electrons. The first-order valence-corrected chi connectivity index (χ1v) is 6.55. The molecule has 7 heteroatoms. The van der Waals surface area contributed by atoms with Crippen LogP contribution in [0.4, 0.5) is 4.79 Å². The highest BCUT2D eigenvalue weighted by atomic mass is 16.6. The molecule has 0 aliphatic carbocycles. The Morgan fingerprint density at radius 3 is 1.70 bits per heavy atom. The maximum Gasteiger partial charge on any atom is 0.410 e. The van der Waals surface area contributed by atoms with E-state index in [0.717, 1.165) is 0 Å². The summed E-state index contributed by atoms with van der Waals surface area (Å²) in [6.45, 7) is 5.60. The van der Waals surface area contributed by atoms with Gasteiger partial charge in [0.05, 0.1) is 11.8 Å². The Hall–Kier alpha value is -1.79. The molecule has 0 spiro atoms. The molecule has 0 saturated carbocycles. The SMILES string of the molecule is CC(C)(C)OC(=O)N1CCC(C(=O)O)C(C(=O)O)CC1. The zero-order valence-corrected chi connectivity index (χ0v) is 12.0. The van der Waals surface area contributed by atoms with E-state index >= 15 is 0 Å². The van der Waals surface area contributed by atoms with Crippen LogP contribution in [0.15, 0.2) is 0 Å². The molecular weight excluding hydrogens is 266 g/mol. The average molecular weight is 287 g/mol. The number of aliphatic carboxylic acids is 2. The summed E-state index contributed by atoms with van der Waals surface area (Å²) in [5, 5.41) is 18.2. The van der Waals surface area contributed by atoms with Crippen molar-refractivity contribution < 1.29 is 29.3 Å². The highest BCUT2D eigenvalue weighted by Gasteiger charge is 2.37. The zero-order valence-electron chi connectivity index (χ0n) is 12.0. The fourth-order valence-electron chi connectivity index (χ4n) is 2.20. The molecule has 1 rings (SSSR count). The van der Waals surface area contributed by atoms with Crippen LogP contribution in [0.25, 0.3) is 0 Å². The average Bonchev–Trinajstić information content (AvgIpc) is 2.48. The molecule has 1 heterocycles. The third-order valence-electron chi connectivity index (χ3n) is 3.19. The minimum Gasteiger partial charge on any atom is -0.481 e. The van der Waals surface area contributed by atoms with Gasteiger partial charge in [-0.1, -0.05) is 0 Å². The molecule has 0 aromatic rings. The van der Waals surface area contributed by atoms with Gasteiger partial charge in [0.15, 0.2) is 0 Å². The molecule has 0 aromatic carbocycles. The maximum absolute atomic E-state index is 11.9. The van der Waals surface area contributed by atoms with Crippen molar-refractivity contribution in [3.8, 4) is 0 Å². The highest BCUT2D eigenvalue weighted by Crippen LogP contribution is 2.26. The molecule has 2 unspecified atom stereocenters. The van der Waals surface area contributed by atoms with Gasteiger partial charge in [-0.25, -0.2) is 4.79 Å². The van der Waals surface area contributed by atoms with Gasteiger partial charge >= 0.3 is 18.0 Å². The summed E-state index contributed by atoms with van der Waals surface area (Å²) < 4.78 is 5.22. The van der Waals surface area contributed by atoms with E-state index in [0.29, 0.717) is 0 Å². The number of amides is 1. The van der Waals surface area contributed by atoms with E-state index in [9.17, 15) is 14.4 Å². The normalized spacial score (nSPS) is 23.9. The van der Waals surface area contributed by atoms with E-state index in [1.807, 2.05) is 0 Å². The van der Waals surface area contributed by atoms with E-state index in [4.69, 9.17) is 14.9 Å². The second-order valence-electron chi connectivity index (χ2n) is 5.93. The molecule has 2 atom stereocenters. The number of likely N-dealkylation sites (tertiary alicyclic amines) is 1. The molecule has 1 aliphatic heterocycles. The van der Waals surface area contributed by atoms with E-state index in [2.05, 4.69) is 0 Å². The standard InChI is InChI=1S/C13H21NO6/c1-13(2,3)20-12(19)14-6-4-8(10(15)16)9(5-7-14)11(17)18/h8-9H,4-7H2,1-3H3,(H,15,16)(H,17,18). The Morgan fingerprint density at radius 1 is 1.00 bits per heavy atom. The molecular formula is C13H21NO6. The van der Waals surface area contributed by atoms with Crippen LogP contribution in [-0.4, -0.2) is 51.8 Å².